The number of hydrogen-bond acceptors (Lipinski definition) is 3. The molecule has 0 saturated heterocycles. The maximum absolute atomic E-state index is 10.9. The summed E-state index contributed by atoms with van der Waals surface area (Å²) in [4.78, 5) is 10.9. The Morgan fingerprint density at radius 1 is 1.50 bits per heavy atom. The number of carbonyl (C=O) groups is 1. The molecule has 0 rings (SSSR count). The molecule has 0 aliphatic heterocycles. The zero-order valence-electron chi connectivity index (χ0n) is 9.50. The molecule has 0 bridgehead atoms. The molecule has 3 nitrogen and oxygen atoms in total. The van der Waals surface area contributed by atoms with Crippen LogP contribution in [0.5, 0.6) is 0 Å². The number of esters is 1. The minimum Gasteiger partial charge on any atom is -0.454 e. The van der Waals surface area contributed by atoms with E-state index < -0.39 is 11.6 Å². The van der Waals surface area contributed by atoms with Crippen molar-refractivity contribution in [3.05, 3.63) is 12.7 Å². The van der Waals surface area contributed by atoms with Crippen molar-refractivity contribution in [3.63, 3.8) is 0 Å². The highest BCUT2D eigenvalue weighted by atomic mass is 16.6. The van der Waals surface area contributed by atoms with Crippen molar-refractivity contribution in [1.82, 2.24) is 0 Å². The minimum atomic E-state index is -0.583. The van der Waals surface area contributed by atoms with Crippen LogP contribution in [0, 0.1) is 5.92 Å². The lowest BCUT2D eigenvalue weighted by atomic mass is 10.1. The molecule has 0 spiro atoms. The quantitative estimate of drug-likeness (QED) is 0.487. The maximum Gasteiger partial charge on any atom is 0.330 e. The van der Waals surface area contributed by atoms with E-state index in [1.54, 1.807) is 0 Å². The van der Waals surface area contributed by atoms with E-state index in [9.17, 15) is 4.79 Å². The molecule has 0 fully saturated rings. The predicted molar refractivity (Wildman–Crippen MR) is 56.0 cm³/mol. The Bertz CT molecular complexity index is 195. The van der Waals surface area contributed by atoms with E-state index >= 15 is 0 Å². The Labute approximate surface area is 86.1 Å². The zero-order valence-corrected chi connectivity index (χ0v) is 9.50. The molecule has 0 unspecified atom stereocenters. The number of hydrogen-bond donors (Lipinski definition) is 0. The summed E-state index contributed by atoms with van der Waals surface area (Å²) in [7, 11) is 0. The van der Waals surface area contributed by atoms with Crippen LogP contribution in [0.2, 0.25) is 0 Å². The van der Waals surface area contributed by atoms with Gasteiger partial charge in [0.1, 0.15) is 5.60 Å². The fraction of sp³-hybridized carbons (Fsp3) is 0.727. The third kappa shape index (κ3) is 6.66. The summed E-state index contributed by atoms with van der Waals surface area (Å²) in [6.45, 7) is 12.2. The largest absolute Gasteiger partial charge is 0.454 e. The molecule has 0 aromatic heterocycles. The van der Waals surface area contributed by atoms with Crippen molar-refractivity contribution in [2.45, 2.75) is 33.3 Å². The molecule has 82 valence electrons. The summed E-state index contributed by atoms with van der Waals surface area (Å²) in [6, 6.07) is 0. The van der Waals surface area contributed by atoms with Gasteiger partial charge in [0.2, 0.25) is 0 Å². The molecule has 0 aromatic rings. The summed E-state index contributed by atoms with van der Waals surface area (Å²) >= 11 is 0. The van der Waals surface area contributed by atoms with Crippen LogP contribution in [0.1, 0.15) is 27.7 Å². The number of ether oxygens (including phenoxy) is 2. The van der Waals surface area contributed by atoms with Crippen molar-refractivity contribution < 1.29 is 14.3 Å². The van der Waals surface area contributed by atoms with E-state index in [0.717, 1.165) is 6.08 Å². The van der Waals surface area contributed by atoms with Crippen molar-refractivity contribution in [2.24, 2.45) is 5.92 Å². The van der Waals surface area contributed by atoms with E-state index in [0.29, 0.717) is 19.1 Å². The first-order chi connectivity index (χ1) is 6.37. The fourth-order valence-corrected chi connectivity index (χ4v) is 0.884. The molecule has 0 aliphatic carbocycles. The van der Waals surface area contributed by atoms with Crippen LogP contribution in [0.25, 0.3) is 0 Å². The second-order valence-electron chi connectivity index (χ2n) is 4.29. The molecule has 3 heteroatoms. The van der Waals surface area contributed by atoms with E-state index in [2.05, 4.69) is 20.4 Å². The van der Waals surface area contributed by atoms with Crippen molar-refractivity contribution >= 4 is 5.97 Å². The average Bonchev–Trinajstić information content (AvgIpc) is 2.02. The molecular weight excluding hydrogens is 180 g/mol. The molecule has 0 radical (unpaired) electrons. The van der Waals surface area contributed by atoms with Crippen molar-refractivity contribution in [1.29, 1.82) is 0 Å². The third-order valence-electron chi connectivity index (χ3n) is 1.44. The number of rotatable bonds is 6. The molecule has 14 heavy (non-hydrogen) atoms. The van der Waals surface area contributed by atoms with Crippen LogP contribution >= 0.6 is 0 Å². The van der Waals surface area contributed by atoms with Crippen LogP contribution in [-0.4, -0.2) is 24.8 Å². The van der Waals surface area contributed by atoms with Gasteiger partial charge >= 0.3 is 5.97 Å². The topological polar surface area (TPSA) is 35.5 Å². The molecule has 0 N–H and O–H groups in total. The Balaban J connectivity index is 3.82. The first kappa shape index (κ1) is 13.2. The lowest BCUT2D eigenvalue weighted by Gasteiger charge is -2.24. The fourth-order valence-electron chi connectivity index (χ4n) is 0.884. The van der Waals surface area contributed by atoms with Crippen molar-refractivity contribution in [2.75, 3.05) is 13.2 Å². The van der Waals surface area contributed by atoms with Gasteiger partial charge in [-0.05, 0) is 19.8 Å². The second kappa shape index (κ2) is 5.81. The Hall–Kier alpha value is -0.830. The molecule has 0 saturated carbocycles. The summed E-state index contributed by atoms with van der Waals surface area (Å²) in [6.07, 6.45) is 1.16. The van der Waals surface area contributed by atoms with Gasteiger partial charge in [0.05, 0.1) is 6.61 Å². The van der Waals surface area contributed by atoms with E-state index in [4.69, 9.17) is 9.47 Å². The first-order valence-corrected chi connectivity index (χ1v) is 4.80. The highest BCUT2D eigenvalue weighted by Gasteiger charge is 2.21. The molecule has 0 aliphatic rings. The average molecular weight is 200 g/mol. The lowest BCUT2D eigenvalue weighted by Crippen LogP contribution is -2.33. The molecule has 0 amide bonds. The van der Waals surface area contributed by atoms with Gasteiger partial charge in [-0.1, -0.05) is 20.4 Å². The third-order valence-corrected chi connectivity index (χ3v) is 1.44. The second-order valence-corrected chi connectivity index (χ2v) is 4.29. The van der Waals surface area contributed by atoms with Crippen LogP contribution in [0.15, 0.2) is 12.7 Å². The zero-order chi connectivity index (χ0) is 11.2. The highest BCUT2D eigenvalue weighted by Crippen LogP contribution is 2.10. The van der Waals surface area contributed by atoms with Gasteiger partial charge < -0.3 is 9.47 Å². The highest BCUT2D eigenvalue weighted by molar-refractivity contribution is 5.81. The summed E-state index contributed by atoms with van der Waals surface area (Å²) < 4.78 is 10.5. The molecular formula is C11H20O3. The van der Waals surface area contributed by atoms with Gasteiger partial charge in [-0.2, -0.15) is 0 Å². The van der Waals surface area contributed by atoms with Gasteiger partial charge in [0.15, 0.2) is 0 Å². The maximum atomic E-state index is 10.9. The van der Waals surface area contributed by atoms with Gasteiger partial charge in [-0.15, -0.1) is 0 Å². The summed E-state index contributed by atoms with van der Waals surface area (Å²) in [5, 5.41) is 0. The van der Waals surface area contributed by atoms with Crippen LogP contribution in [-0.2, 0) is 14.3 Å². The summed E-state index contributed by atoms with van der Waals surface area (Å²) in [5.74, 6) is 0.0732. The predicted octanol–water partition coefficient (Wildman–Crippen LogP) is 2.17. The van der Waals surface area contributed by atoms with Crippen LogP contribution in [0.4, 0.5) is 0 Å². The monoisotopic (exact) mass is 200 g/mol. The number of carbonyl (C=O) groups excluding carboxylic acids is 1. The first-order valence-electron chi connectivity index (χ1n) is 4.80. The smallest absolute Gasteiger partial charge is 0.330 e. The van der Waals surface area contributed by atoms with Gasteiger partial charge in [-0.25, -0.2) is 4.79 Å². The standard InChI is InChI=1S/C11H20O3/c1-6-10(12)14-11(4,5)8-13-7-9(2)3/h6,9H,1,7-8H2,2-5H3. The minimum absolute atomic E-state index is 0.408. The lowest BCUT2D eigenvalue weighted by molar-refractivity contribution is -0.156. The molecule has 0 heterocycles. The molecule has 0 aromatic carbocycles. The van der Waals surface area contributed by atoms with Gasteiger partial charge in [0, 0.05) is 12.7 Å². The van der Waals surface area contributed by atoms with E-state index in [1.807, 2.05) is 13.8 Å². The van der Waals surface area contributed by atoms with Crippen LogP contribution < -0.4 is 0 Å². The summed E-state index contributed by atoms with van der Waals surface area (Å²) in [5.41, 5.74) is -0.583. The Morgan fingerprint density at radius 2 is 2.07 bits per heavy atom. The van der Waals surface area contributed by atoms with E-state index in [-0.39, 0.29) is 0 Å². The van der Waals surface area contributed by atoms with Gasteiger partial charge in [-0.3, -0.25) is 0 Å². The van der Waals surface area contributed by atoms with E-state index in [1.165, 1.54) is 0 Å². The molecule has 0 atom stereocenters. The van der Waals surface area contributed by atoms with Gasteiger partial charge in [0.25, 0.3) is 0 Å². The van der Waals surface area contributed by atoms with Crippen LogP contribution in [0.3, 0.4) is 0 Å². The normalized spacial score (nSPS) is 11.5. The Kier molecular flexibility index (Phi) is 5.46. The SMILES string of the molecule is C=CC(=O)OC(C)(C)COCC(C)C. The Morgan fingerprint density at radius 3 is 2.50 bits per heavy atom. The van der Waals surface area contributed by atoms with Crippen molar-refractivity contribution in [3.8, 4) is 0 Å².